The number of anilines is 1. The first-order chi connectivity index (χ1) is 7.79. The van der Waals surface area contributed by atoms with Gasteiger partial charge in [0.25, 0.3) is 0 Å². The minimum absolute atomic E-state index is 0.390. The fourth-order valence-electron chi connectivity index (χ4n) is 2.36. The molecule has 3 N–H and O–H groups in total. The van der Waals surface area contributed by atoms with Crippen molar-refractivity contribution >= 4 is 5.69 Å². The fourth-order valence-corrected chi connectivity index (χ4v) is 2.36. The summed E-state index contributed by atoms with van der Waals surface area (Å²) in [7, 11) is 2.02. The topological polar surface area (TPSA) is 41.3 Å². The number of nitrogens with zero attached hydrogens (tertiary/aromatic N) is 1. The van der Waals surface area contributed by atoms with Crippen molar-refractivity contribution in [3.63, 3.8) is 0 Å². The Hall–Kier alpha value is -1.06. The normalized spacial score (nSPS) is 18.8. The first kappa shape index (κ1) is 11.4. The Morgan fingerprint density at radius 1 is 1.38 bits per heavy atom. The van der Waals surface area contributed by atoms with E-state index in [1.54, 1.807) is 0 Å². The summed E-state index contributed by atoms with van der Waals surface area (Å²) in [5.74, 6) is 0. The summed E-state index contributed by atoms with van der Waals surface area (Å²) in [6.45, 7) is 3.56. The van der Waals surface area contributed by atoms with Gasteiger partial charge in [-0.1, -0.05) is 12.1 Å². The van der Waals surface area contributed by atoms with E-state index in [1.807, 2.05) is 19.2 Å². The standard InChI is InChI=1S/C13H21N3/c1-15-13(10-16-7-2-3-8-16)11-5-4-6-12(14)9-11/h4-6,9,13,15H,2-3,7-8,10,14H2,1H3/t13-/m1/s1. The van der Waals surface area contributed by atoms with Gasteiger partial charge in [0.1, 0.15) is 0 Å². The molecule has 1 aliphatic heterocycles. The molecule has 1 aliphatic rings. The van der Waals surface area contributed by atoms with Gasteiger partial charge in [0.05, 0.1) is 0 Å². The Morgan fingerprint density at radius 3 is 2.75 bits per heavy atom. The molecule has 0 aromatic heterocycles. The second-order valence-electron chi connectivity index (χ2n) is 4.52. The van der Waals surface area contributed by atoms with Gasteiger partial charge in [-0.25, -0.2) is 0 Å². The van der Waals surface area contributed by atoms with Crippen LogP contribution in [0.25, 0.3) is 0 Å². The maximum Gasteiger partial charge on any atom is 0.0447 e. The molecule has 1 atom stereocenters. The van der Waals surface area contributed by atoms with Crippen molar-refractivity contribution in [3.8, 4) is 0 Å². The molecule has 0 bridgehead atoms. The van der Waals surface area contributed by atoms with Crippen LogP contribution in [0.4, 0.5) is 5.69 Å². The molecule has 0 aliphatic carbocycles. The van der Waals surface area contributed by atoms with Gasteiger partial charge in [-0.2, -0.15) is 0 Å². The summed E-state index contributed by atoms with van der Waals surface area (Å²) in [5.41, 5.74) is 7.95. The molecule has 1 saturated heterocycles. The molecule has 1 fully saturated rings. The zero-order chi connectivity index (χ0) is 11.4. The molecule has 3 nitrogen and oxygen atoms in total. The highest BCUT2D eigenvalue weighted by atomic mass is 15.2. The maximum absolute atomic E-state index is 5.82. The largest absolute Gasteiger partial charge is 0.399 e. The number of benzene rings is 1. The van der Waals surface area contributed by atoms with Crippen LogP contribution in [0.1, 0.15) is 24.4 Å². The summed E-state index contributed by atoms with van der Waals surface area (Å²) < 4.78 is 0. The van der Waals surface area contributed by atoms with Crippen LogP contribution in [0.15, 0.2) is 24.3 Å². The number of likely N-dealkylation sites (N-methyl/N-ethyl adjacent to an activating group) is 1. The van der Waals surface area contributed by atoms with Crippen molar-refractivity contribution in [1.29, 1.82) is 0 Å². The number of likely N-dealkylation sites (tertiary alicyclic amines) is 1. The van der Waals surface area contributed by atoms with Crippen LogP contribution < -0.4 is 11.1 Å². The summed E-state index contributed by atoms with van der Waals surface area (Å²) in [6.07, 6.45) is 2.68. The van der Waals surface area contributed by atoms with E-state index in [2.05, 4.69) is 22.3 Å². The zero-order valence-electron chi connectivity index (χ0n) is 9.95. The van der Waals surface area contributed by atoms with Crippen molar-refractivity contribution in [2.75, 3.05) is 32.4 Å². The van der Waals surface area contributed by atoms with Crippen molar-refractivity contribution in [2.24, 2.45) is 0 Å². The van der Waals surface area contributed by atoms with E-state index in [9.17, 15) is 0 Å². The lowest BCUT2D eigenvalue weighted by Gasteiger charge is -2.23. The number of nitrogens with one attached hydrogen (secondary N) is 1. The van der Waals surface area contributed by atoms with E-state index < -0.39 is 0 Å². The molecule has 1 aromatic rings. The minimum Gasteiger partial charge on any atom is -0.399 e. The van der Waals surface area contributed by atoms with Crippen molar-refractivity contribution in [1.82, 2.24) is 10.2 Å². The smallest absolute Gasteiger partial charge is 0.0447 e. The lowest BCUT2D eigenvalue weighted by Crippen LogP contribution is -2.31. The van der Waals surface area contributed by atoms with Crippen LogP contribution in [0.3, 0.4) is 0 Å². The molecular formula is C13H21N3. The number of hydrogen-bond donors (Lipinski definition) is 2. The third-order valence-electron chi connectivity index (χ3n) is 3.30. The molecular weight excluding hydrogens is 198 g/mol. The quantitative estimate of drug-likeness (QED) is 0.756. The molecule has 0 spiro atoms. The average molecular weight is 219 g/mol. The van der Waals surface area contributed by atoms with Gasteiger partial charge in [0.2, 0.25) is 0 Å². The minimum atomic E-state index is 0.390. The summed E-state index contributed by atoms with van der Waals surface area (Å²) in [6, 6.07) is 8.57. The van der Waals surface area contributed by atoms with Crippen LogP contribution >= 0.6 is 0 Å². The van der Waals surface area contributed by atoms with Gasteiger partial charge >= 0.3 is 0 Å². The molecule has 3 heteroatoms. The van der Waals surface area contributed by atoms with E-state index in [-0.39, 0.29) is 0 Å². The van der Waals surface area contributed by atoms with E-state index in [0.29, 0.717) is 6.04 Å². The van der Waals surface area contributed by atoms with Crippen molar-refractivity contribution < 1.29 is 0 Å². The predicted molar refractivity (Wildman–Crippen MR) is 68.3 cm³/mol. The first-order valence-electron chi connectivity index (χ1n) is 6.04. The van der Waals surface area contributed by atoms with Crippen molar-refractivity contribution in [3.05, 3.63) is 29.8 Å². The molecule has 16 heavy (non-hydrogen) atoms. The molecule has 0 unspecified atom stereocenters. The Balaban J connectivity index is 2.03. The third kappa shape index (κ3) is 2.74. The van der Waals surface area contributed by atoms with E-state index >= 15 is 0 Å². The molecule has 0 radical (unpaired) electrons. The summed E-state index contributed by atoms with van der Waals surface area (Å²) >= 11 is 0. The van der Waals surface area contributed by atoms with Crippen LogP contribution in [-0.2, 0) is 0 Å². The maximum atomic E-state index is 5.82. The Bertz CT molecular complexity index is 332. The van der Waals surface area contributed by atoms with E-state index in [0.717, 1.165) is 12.2 Å². The van der Waals surface area contributed by atoms with Gasteiger partial charge in [-0.3, -0.25) is 0 Å². The molecule has 0 saturated carbocycles. The van der Waals surface area contributed by atoms with Gasteiger partial charge < -0.3 is 16.0 Å². The molecule has 1 aromatic carbocycles. The highest BCUT2D eigenvalue weighted by Gasteiger charge is 2.17. The van der Waals surface area contributed by atoms with Crippen LogP contribution in [0.5, 0.6) is 0 Å². The second kappa shape index (κ2) is 5.32. The summed E-state index contributed by atoms with van der Waals surface area (Å²) in [5, 5.41) is 3.38. The molecule has 1 heterocycles. The number of nitrogen functional groups attached to an aromatic ring is 1. The highest BCUT2D eigenvalue weighted by molar-refractivity contribution is 5.41. The Kier molecular flexibility index (Phi) is 3.80. The van der Waals surface area contributed by atoms with E-state index in [4.69, 9.17) is 5.73 Å². The van der Waals surface area contributed by atoms with Gasteiger partial charge in [-0.05, 0) is 50.7 Å². The van der Waals surface area contributed by atoms with Gasteiger partial charge in [-0.15, -0.1) is 0 Å². The fraction of sp³-hybridized carbons (Fsp3) is 0.538. The average Bonchev–Trinajstić information content (AvgIpc) is 2.78. The Morgan fingerprint density at radius 2 is 2.12 bits per heavy atom. The lowest BCUT2D eigenvalue weighted by molar-refractivity contribution is 0.299. The second-order valence-corrected chi connectivity index (χ2v) is 4.52. The van der Waals surface area contributed by atoms with E-state index in [1.165, 1.54) is 31.5 Å². The third-order valence-corrected chi connectivity index (χ3v) is 3.30. The van der Waals surface area contributed by atoms with Crippen LogP contribution in [0.2, 0.25) is 0 Å². The Labute approximate surface area is 97.6 Å². The zero-order valence-corrected chi connectivity index (χ0v) is 9.95. The molecule has 2 rings (SSSR count). The number of rotatable bonds is 4. The highest BCUT2D eigenvalue weighted by Crippen LogP contribution is 2.19. The summed E-state index contributed by atoms with van der Waals surface area (Å²) in [4.78, 5) is 2.52. The molecule has 88 valence electrons. The number of hydrogen-bond acceptors (Lipinski definition) is 3. The van der Waals surface area contributed by atoms with Crippen LogP contribution in [-0.4, -0.2) is 31.6 Å². The monoisotopic (exact) mass is 219 g/mol. The predicted octanol–water partition coefficient (Wildman–Crippen LogP) is 1.63. The van der Waals surface area contributed by atoms with Crippen LogP contribution in [0, 0.1) is 0 Å². The SMILES string of the molecule is CN[C@H](CN1CCCC1)c1cccc(N)c1. The van der Waals surface area contributed by atoms with Crippen molar-refractivity contribution in [2.45, 2.75) is 18.9 Å². The van der Waals surface area contributed by atoms with Gasteiger partial charge in [0.15, 0.2) is 0 Å². The lowest BCUT2D eigenvalue weighted by atomic mass is 10.1. The molecule has 0 amide bonds. The number of nitrogens with two attached hydrogens (primary N) is 1. The van der Waals surface area contributed by atoms with Gasteiger partial charge in [0, 0.05) is 18.3 Å². The first-order valence-corrected chi connectivity index (χ1v) is 6.04.